The highest BCUT2D eigenvalue weighted by molar-refractivity contribution is 5.85. The Morgan fingerprint density at radius 2 is 1.96 bits per heavy atom. The molecule has 2 rings (SSSR count). The van der Waals surface area contributed by atoms with Crippen molar-refractivity contribution in [1.29, 1.82) is 0 Å². The summed E-state index contributed by atoms with van der Waals surface area (Å²) in [5, 5.41) is 6.35. The molecule has 0 bridgehead atoms. The van der Waals surface area contributed by atoms with Crippen LogP contribution < -0.4 is 15.4 Å². The van der Waals surface area contributed by atoms with E-state index >= 15 is 0 Å². The van der Waals surface area contributed by atoms with Gasteiger partial charge in [0.25, 0.3) is 5.91 Å². The van der Waals surface area contributed by atoms with E-state index in [9.17, 15) is 9.59 Å². The van der Waals surface area contributed by atoms with Gasteiger partial charge in [0, 0.05) is 25.6 Å². The second kappa shape index (κ2) is 10.4. The zero-order valence-corrected chi connectivity index (χ0v) is 16.8. The van der Waals surface area contributed by atoms with E-state index in [2.05, 4.69) is 10.6 Å². The molecular formula is C19H30ClN3O3. The lowest BCUT2D eigenvalue weighted by Crippen LogP contribution is -2.50. The standard InChI is InChI=1S/C19H29N3O3.ClH/c1-5-16(21-19(24)13(2)14-10-20-11-14)15-8-6-7-9-17(15)25-12-18(23)22(3)4;/h6-9,13-14,16,20H,5,10-12H2,1-4H3,(H,21,24);1H. The molecule has 146 valence electrons. The van der Waals surface area contributed by atoms with Crippen LogP contribution in [0.15, 0.2) is 24.3 Å². The first-order valence-corrected chi connectivity index (χ1v) is 8.87. The van der Waals surface area contributed by atoms with E-state index in [1.54, 1.807) is 14.1 Å². The van der Waals surface area contributed by atoms with Crippen LogP contribution in [0.2, 0.25) is 0 Å². The first-order chi connectivity index (χ1) is 11.9. The summed E-state index contributed by atoms with van der Waals surface area (Å²) in [4.78, 5) is 25.8. The van der Waals surface area contributed by atoms with Crippen molar-refractivity contribution >= 4 is 24.2 Å². The summed E-state index contributed by atoms with van der Waals surface area (Å²) in [7, 11) is 3.40. The molecule has 0 aromatic heterocycles. The lowest BCUT2D eigenvalue weighted by atomic mass is 9.88. The molecule has 0 spiro atoms. The number of amides is 2. The third-order valence-corrected chi connectivity index (χ3v) is 4.80. The summed E-state index contributed by atoms with van der Waals surface area (Å²) in [6.07, 6.45) is 0.753. The second-order valence-electron chi connectivity index (χ2n) is 6.79. The van der Waals surface area contributed by atoms with Gasteiger partial charge < -0.3 is 20.3 Å². The average Bonchev–Trinajstić information content (AvgIpc) is 2.55. The predicted octanol–water partition coefficient (Wildman–Crippen LogP) is 2.00. The van der Waals surface area contributed by atoms with Crippen LogP contribution in [-0.4, -0.2) is 50.5 Å². The maximum Gasteiger partial charge on any atom is 0.259 e. The summed E-state index contributed by atoms with van der Waals surface area (Å²) in [6, 6.07) is 7.44. The molecule has 7 heteroatoms. The van der Waals surface area contributed by atoms with E-state index in [0.29, 0.717) is 11.7 Å². The van der Waals surface area contributed by atoms with E-state index in [1.807, 2.05) is 38.1 Å². The van der Waals surface area contributed by atoms with Crippen molar-refractivity contribution in [2.75, 3.05) is 33.8 Å². The van der Waals surface area contributed by atoms with Crippen LogP contribution in [0.1, 0.15) is 31.9 Å². The third kappa shape index (κ3) is 5.61. The minimum Gasteiger partial charge on any atom is -0.483 e. The first-order valence-electron chi connectivity index (χ1n) is 8.87. The molecule has 1 aromatic carbocycles. The van der Waals surface area contributed by atoms with Gasteiger partial charge in [0.15, 0.2) is 6.61 Å². The number of nitrogens with one attached hydrogen (secondary N) is 2. The quantitative estimate of drug-likeness (QED) is 0.720. The van der Waals surface area contributed by atoms with Gasteiger partial charge in [0.2, 0.25) is 5.91 Å². The molecule has 2 atom stereocenters. The lowest BCUT2D eigenvalue weighted by molar-refractivity contribution is -0.131. The van der Waals surface area contributed by atoms with E-state index < -0.39 is 0 Å². The molecule has 1 aliphatic heterocycles. The molecule has 2 unspecified atom stereocenters. The van der Waals surface area contributed by atoms with Crippen LogP contribution in [0.25, 0.3) is 0 Å². The molecule has 0 aliphatic carbocycles. The summed E-state index contributed by atoms with van der Waals surface area (Å²) in [5.74, 6) is 0.999. The fourth-order valence-electron chi connectivity index (χ4n) is 2.75. The van der Waals surface area contributed by atoms with Crippen molar-refractivity contribution in [2.45, 2.75) is 26.3 Å². The zero-order chi connectivity index (χ0) is 18.4. The number of benzene rings is 1. The maximum atomic E-state index is 12.5. The van der Waals surface area contributed by atoms with Crippen molar-refractivity contribution in [3.63, 3.8) is 0 Å². The predicted molar refractivity (Wildman–Crippen MR) is 105 cm³/mol. The summed E-state index contributed by atoms with van der Waals surface area (Å²) >= 11 is 0. The van der Waals surface area contributed by atoms with Crippen LogP contribution >= 0.6 is 12.4 Å². The normalized spacial score (nSPS) is 15.8. The Morgan fingerprint density at radius 3 is 2.50 bits per heavy atom. The number of hydrogen-bond acceptors (Lipinski definition) is 4. The SMILES string of the molecule is CCC(NC(=O)C(C)C1CNC1)c1ccccc1OCC(=O)N(C)C.Cl. The summed E-state index contributed by atoms with van der Waals surface area (Å²) < 4.78 is 5.71. The molecule has 0 radical (unpaired) electrons. The van der Waals surface area contributed by atoms with Gasteiger partial charge in [-0.2, -0.15) is 0 Å². The molecular weight excluding hydrogens is 354 g/mol. The Morgan fingerprint density at radius 1 is 1.31 bits per heavy atom. The van der Waals surface area contributed by atoms with Gasteiger partial charge in [-0.25, -0.2) is 0 Å². The fraction of sp³-hybridized carbons (Fsp3) is 0.579. The molecule has 26 heavy (non-hydrogen) atoms. The van der Waals surface area contributed by atoms with Crippen molar-refractivity contribution in [3.8, 4) is 5.75 Å². The Kier molecular flexibility index (Phi) is 8.88. The molecule has 0 saturated carbocycles. The highest BCUT2D eigenvalue weighted by Gasteiger charge is 2.30. The number of rotatable bonds is 8. The molecule has 1 aliphatic rings. The maximum absolute atomic E-state index is 12.5. The van der Waals surface area contributed by atoms with Crippen molar-refractivity contribution in [3.05, 3.63) is 29.8 Å². The van der Waals surface area contributed by atoms with E-state index in [0.717, 1.165) is 25.1 Å². The summed E-state index contributed by atoms with van der Waals surface area (Å²) in [6.45, 7) is 5.79. The Bertz CT molecular complexity index is 605. The molecule has 1 saturated heterocycles. The van der Waals surface area contributed by atoms with Crippen LogP contribution in [0.5, 0.6) is 5.75 Å². The monoisotopic (exact) mass is 383 g/mol. The van der Waals surface area contributed by atoms with E-state index in [1.165, 1.54) is 4.90 Å². The Balaban J connectivity index is 0.00000338. The fourth-order valence-corrected chi connectivity index (χ4v) is 2.75. The number of hydrogen-bond donors (Lipinski definition) is 2. The number of para-hydroxylation sites is 1. The molecule has 1 aromatic rings. The van der Waals surface area contributed by atoms with E-state index in [-0.39, 0.29) is 42.8 Å². The lowest BCUT2D eigenvalue weighted by Gasteiger charge is -2.33. The number of halogens is 1. The van der Waals surface area contributed by atoms with Crippen LogP contribution in [0, 0.1) is 11.8 Å². The van der Waals surface area contributed by atoms with E-state index in [4.69, 9.17) is 4.74 Å². The molecule has 1 fully saturated rings. The van der Waals surface area contributed by atoms with Crippen molar-refractivity contribution < 1.29 is 14.3 Å². The minimum absolute atomic E-state index is 0. The smallest absolute Gasteiger partial charge is 0.259 e. The third-order valence-electron chi connectivity index (χ3n) is 4.80. The van der Waals surface area contributed by atoms with Crippen molar-refractivity contribution in [1.82, 2.24) is 15.5 Å². The topological polar surface area (TPSA) is 70.7 Å². The van der Waals surface area contributed by atoms with Crippen LogP contribution in [-0.2, 0) is 9.59 Å². The molecule has 1 heterocycles. The Hall–Kier alpha value is -1.79. The number of likely N-dealkylation sites (N-methyl/N-ethyl adjacent to an activating group) is 1. The highest BCUT2D eigenvalue weighted by Crippen LogP contribution is 2.28. The number of ether oxygens (including phenoxy) is 1. The Labute approximate surface area is 162 Å². The zero-order valence-electron chi connectivity index (χ0n) is 16.0. The molecule has 2 N–H and O–H groups in total. The van der Waals surface area contributed by atoms with Gasteiger partial charge in [0.1, 0.15) is 5.75 Å². The highest BCUT2D eigenvalue weighted by atomic mass is 35.5. The molecule has 6 nitrogen and oxygen atoms in total. The van der Waals surface area contributed by atoms with Gasteiger partial charge in [-0.3, -0.25) is 9.59 Å². The second-order valence-corrected chi connectivity index (χ2v) is 6.79. The number of carbonyl (C=O) groups is 2. The number of nitrogens with zero attached hydrogens (tertiary/aromatic N) is 1. The van der Waals surface area contributed by atoms with Crippen molar-refractivity contribution in [2.24, 2.45) is 11.8 Å². The summed E-state index contributed by atoms with van der Waals surface area (Å²) in [5.41, 5.74) is 0.906. The average molecular weight is 384 g/mol. The molecule has 2 amide bonds. The van der Waals surface area contributed by atoms with Gasteiger partial charge in [-0.1, -0.05) is 32.0 Å². The van der Waals surface area contributed by atoms with Gasteiger partial charge in [0.05, 0.1) is 6.04 Å². The largest absolute Gasteiger partial charge is 0.483 e. The number of carbonyl (C=O) groups excluding carboxylic acids is 2. The van der Waals surface area contributed by atoms with Crippen LogP contribution in [0.4, 0.5) is 0 Å². The first kappa shape index (κ1) is 22.3. The van der Waals surface area contributed by atoms with Gasteiger partial charge in [-0.05, 0) is 31.5 Å². The minimum atomic E-state index is -0.131. The van der Waals surface area contributed by atoms with Gasteiger partial charge in [-0.15, -0.1) is 12.4 Å². The van der Waals surface area contributed by atoms with Gasteiger partial charge >= 0.3 is 0 Å². The van der Waals surface area contributed by atoms with Crippen LogP contribution in [0.3, 0.4) is 0 Å².